The number of nitrogens with one attached hydrogen (secondary N) is 1. The van der Waals surface area contributed by atoms with Gasteiger partial charge in [-0.2, -0.15) is 0 Å². The molecule has 0 saturated carbocycles. The molecule has 1 fully saturated rings. The molecular formula is C11H15NO6S. The lowest BCUT2D eigenvalue weighted by Crippen LogP contribution is -2.51. The Hall–Kier alpha value is -1.38. The van der Waals surface area contributed by atoms with E-state index in [1.807, 2.05) is 0 Å². The fourth-order valence-corrected chi connectivity index (χ4v) is 3.33. The zero-order valence-corrected chi connectivity index (χ0v) is 11.2. The summed E-state index contributed by atoms with van der Waals surface area (Å²) in [6.45, 7) is 2.63. The third kappa shape index (κ3) is 3.14. The highest BCUT2D eigenvalue weighted by Gasteiger charge is 2.34. The van der Waals surface area contributed by atoms with E-state index in [0.717, 1.165) is 18.6 Å². The minimum absolute atomic E-state index is 0.277. The summed E-state index contributed by atoms with van der Waals surface area (Å²) in [6.07, 6.45) is 1.41. The minimum atomic E-state index is -3.89. The molecule has 0 radical (unpaired) electrons. The van der Waals surface area contributed by atoms with Crippen molar-refractivity contribution in [3.63, 3.8) is 0 Å². The molecule has 106 valence electrons. The molecule has 1 unspecified atom stereocenters. The van der Waals surface area contributed by atoms with Gasteiger partial charge in [0.1, 0.15) is 0 Å². The van der Waals surface area contributed by atoms with Crippen LogP contribution in [0.5, 0.6) is 0 Å². The number of aromatic carboxylic acids is 1. The molecule has 1 aromatic heterocycles. The van der Waals surface area contributed by atoms with E-state index in [9.17, 15) is 13.2 Å². The SMILES string of the molecule is CC1(NS(=O)(=O)c2ccc(C(=O)O)o2)CCCOC1. The lowest BCUT2D eigenvalue weighted by Gasteiger charge is -2.33. The van der Waals surface area contributed by atoms with Gasteiger partial charge in [-0.25, -0.2) is 17.9 Å². The predicted molar refractivity (Wildman–Crippen MR) is 64.4 cm³/mol. The van der Waals surface area contributed by atoms with Crippen molar-refractivity contribution in [3.8, 4) is 0 Å². The van der Waals surface area contributed by atoms with Crippen LogP contribution in [0, 0.1) is 0 Å². The molecule has 19 heavy (non-hydrogen) atoms. The van der Waals surface area contributed by atoms with Crippen molar-refractivity contribution in [3.05, 3.63) is 17.9 Å². The fraction of sp³-hybridized carbons (Fsp3) is 0.545. The third-order valence-electron chi connectivity index (χ3n) is 2.88. The van der Waals surface area contributed by atoms with Gasteiger partial charge in [0.25, 0.3) is 10.0 Å². The van der Waals surface area contributed by atoms with Crippen LogP contribution < -0.4 is 4.72 Å². The van der Waals surface area contributed by atoms with E-state index < -0.39 is 32.4 Å². The third-order valence-corrected chi connectivity index (χ3v) is 4.39. The Balaban J connectivity index is 2.19. The summed E-state index contributed by atoms with van der Waals surface area (Å²) in [6, 6.07) is 2.23. The molecule has 2 heterocycles. The highest BCUT2D eigenvalue weighted by Crippen LogP contribution is 2.22. The van der Waals surface area contributed by atoms with E-state index in [1.54, 1.807) is 6.92 Å². The molecule has 0 aromatic carbocycles. The Bertz CT molecular complexity index is 570. The maximum atomic E-state index is 12.1. The average Bonchev–Trinajstić information content (AvgIpc) is 2.78. The highest BCUT2D eigenvalue weighted by atomic mass is 32.2. The zero-order chi connectivity index (χ0) is 14.1. The van der Waals surface area contributed by atoms with E-state index in [0.29, 0.717) is 13.0 Å². The van der Waals surface area contributed by atoms with Crippen molar-refractivity contribution in [2.75, 3.05) is 13.2 Å². The van der Waals surface area contributed by atoms with Gasteiger partial charge in [-0.3, -0.25) is 0 Å². The molecule has 7 nitrogen and oxygen atoms in total. The Labute approximate surface area is 110 Å². The number of hydrogen-bond acceptors (Lipinski definition) is 5. The molecule has 0 amide bonds. The lowest BCUT2D eigenvalue weighted by molar-refractivity contribution is 0.0384. The molecule has 8 heteroatoms. The second-order valence-electron chi connectivity index (χ2n) is 4.75. The number of carbonyl (C=O) groups is 1. The Morgan fingerprint density at radius 1 is 1.47 bits per heavy atom. The maximum Gasteiger partial charge on any atom is 0.371 e. The smallest absolute Gasteiger partial charge is 0.371 e. The minimum Gasteiger partial charge on any atom is -0.475 e. The normalized spacial score (nSPS) is 24.3. The first-order valence-corrected chi connectivity index (χ1v) is 7.26. The van der Waals surface area contributed by atoms with Crippen molar-refractivity contribution in [1.82, 2.24) is 4.72 Å². The summed E-state index contributed by atoms with van der Waals surface area (Å²) in [5.41, 5.74) is -0.701. The van der Waals surface area contributed by atoms with E-state index >= 15 is 0 Å². The van der Waals surface area contributed by atoms with E-state index in [4.69, 9.17) is 14.3 Å². The molecule has 2 N–H and O–H groups in total. The second kappa shape index (κ2) is 4.95. The Morgan fingerprint density at radius 3 is 2.74 bits per heavy atom. The number of hydrogen-bond donors (Lipinski definition) is 2. The van der Waals surface area contributed by atoms with Crippen LogP contribution in [0.1, 0.15) is 30.3 Å². The van der Waals surface area contributed by atoms with Crippen molar-refractivity contribution >= 4 is 16.0 Å². The fourth-order valence-electron chi connectivity index (χ4n) is 1.97. The largest absolute Gasteiger partial charge is 0.475 e. The summed E-state index contributed by atoms with van der Waals surface area (Å²) in [4.78, 5) is 10.7. The van der Waals surface area contributed by atoms with Gasteiger partial charge in [-0.1, -0.05) is 0 Å². The molecule has 1 saturated heterocycles. The van der Waals surface area contributed by atoms with Crippen LogP contribution in [0.2, 0.25) is 0 Å². The first-order valence-electron chi connectivity index (χ1n) is 5.77. The molecule has 1 aromatic rings. The molecule has 1 aliphatic heterocycles. The monoisotopic (exact) mass is 289 g/mol. The summed E-state index contributed by atoms with van der Waals surface area (Å²) < 4.78 is 36.7. The van der Waals surface area contributed by atoms with Crippen LogP contribution in [-0.2, 0) is 14.8 Å². The Morgan fingerprint density at radius 2 is 2.21 bits per heavy atom. The van der Waals surface area contributed by atoms with Crippen molar-refractivity contribution in [2.24, 2.45) is 0 Å². The van der Waals surface area contributed by atoms with E-state index in [2.05, 4.69) is 4.72 Å². The standard InChI is InChI=1S/C11H15NO6S/c1-11(5-2-6-17-7-11)12-19(15,16)9-4-3-8(18-9)10(13)14/h3-4,12H,2,5-7H2,1H3,(H,13,14). The van der Waals surface area contributed by atoms with Gasteiger partial charge in [0.15, 0.2) is 0 Å². The number of rotatable bonds is 4. The number of carboxylic acids is 1. The number of sulfonamides is 1. The van der Waals surface area contributed by atoms with Crippen LogP contribution >= 0.6 is 0 Å². The second-order valence-corrected chi connectivity index (χ2v) is 6.36. The summed E-state index contributed by atoms with van der Waals surface area (Å²) in [7, 11) is -3.89. The molecule has 2 rings (SSSR count). The molecule has 1 atom stereocenters. The summed E-state index contributed by atoms with van der Waals surface area (Å²) in [5, 5.41) is 8.30. The quantitative estimate of drug-likeness (QED) is 0.850. The number of carboxylic acid groups (broad SMARTS) is 1. The average molecular weight is 289 g/mol. The van der Waals surface area contributed by atoms with E-state index in [1.165, 1.54) is 0 Å². The molecule has 0 aliphatic carbocycles. The summed E-state index contributed by atoms with van der Waals surface area (Å²) in [5.74, 6) is -1.72. The van der Waals surface area contributed by atoms with Crippen LogP contribution in [0.4, 0.5) is 0 Å². The first-order chi connectivity index (χ1) is 8.82. The number of furan rings is 1. The van der Waals surface area contributed by atoms with Crippen LogP contribution in [0.3, 0.4) is 0 Å². The molecular weight excluding hydrogens is 274 g/mol. The highest BCUT2D eigenvalue weighted by molar-refractivity contribution is 7.89. The van der Waals surface area contributed by atoms with Crippen LogP contribution in [-0.4, -0.2) is 38.2 Å². The van der Waals surface area contributed by atoms with Gasteiger partial charge in [0.2, 0.25) is 10.9 Å². The number of ether oxygens (including phenoxy) is 1. The van der Waals surface area contributed by atoms with Crippen LogP contribution in [0.25, 0.3) is 0 Å². The van der Waals surface area contributed by atoms with Gasteiger partial charge >= 0.3 is 5.97 Å². The van der Waals surface area contributed by atoms with Gasteiger partial charge in [0, 0.05) is 6.61 Å². The van der Waals surface area contributed by atoms with Crippen molar-refractivity contribution in [1.29, 1.82) is 0 Å². The topological polar surface area (TPSA) is 106 Å². The van der Waals surface area contributed by atoms with Gasteiger partial charge in [-0.15, -0.1) is 0 Å². The van der Waals surface area contributed by atoms with Crippen molar-refractivity contribution < 1.29 is 27.5 Å². The van der Waals surface area contributed by atoms with Gasteiger partial charge in [-0.05, 0) is 31.9 Å². The van der Waals surface area contributed by atoms with Crippen molar-refractivity contribution in [2.45, 2.75) is 30.4 Å². The van der Waals surface area contributed by atoms with E-state index in [-0.39, 0.29) is 6.61 Å². The molecule has 1 aliphatic rings. The Kier molecular flexibility index (Phi) is 3.66. The zero-order valence-electron chi connectivity index (χ0n) is 10.4. The molecule has 0 bridgehead atoms. The lowest BCUT2D eigenvalue weighted by atomic mass is 9.97. The first kappa shape index (κ1) is 14.0. The maximum absolute atomic E-state index is 12.1. The predicted octanol–water partition coefficient (Wildman–Crippen LogP) is 0.825. The van der Waals surface area contributed by atoms with Gasteiger partial charge in [0.05, 0.1) is 12.1 Å². The molecule has 0 spiro atoms. The van der Waals surface area contributed by atoms with Crippen LogP contribution in [0.15, 0.2) is 21.6 Å². The van der Waals surface area contributed by atoms with Gasteiger partial charge < -0.3 is 14.3 Å². The summed E-state index contributed by atoms with van der Waals surface area (Å²) >= 11 is 0.